The molecule has 0 spiro atoms. The molecule has 0 saturated carbocycles. The highest BCUT2D eigenvalue weighted by Gasteiger charge is 2.06. The minimum atomic E-state index is -0.650. The molecule has 1 aromatic carbocycles. The average molecular weight is 281 g/mol. The van der Waals surface area contributed by atoms with Crippen LogP contribution < -0.4 is 10.1 Å². The van der Waals surface area contributed by atoms with E-state index in [1.54, 1.807) is 0 Å². The minimum absolute atomic E-state index is 0.138. The minimum Gasteiger partial charge on any atom is -0.491 e. The molecule has 0 aliphatic heterocycles. The van der Waals surface area contributed by atoms with Crippen molar-refractivity contribution in [3.05, 3.63) is 42.3 Å². The van der Waals surface area contributed by atoms with Crippen LogP contribution in [0.15, 0.2) is 35.1 Å². The average Bonchev–Trinajstić information content (AvgIpc) is 2.96. The van der Waals surface area contributed by atoms with Gasteiger partial charge in [0.25, 0.3) is 0 Å². The van der Waals surface area contributed by atoms with Crippen LogP contribution in [0.25, 0.3) is 0 Å². The molecule has 108 valence electrons. The predicted octanol–water partition coefficient (Wildman–Crippen LogP) is 0.781. The van der Waals surface area contributed by atoms with Gasteiger partial charge in [-0.2, -0.15) is 4.98 Å². The molecule has 0 radical (unpaired) electrons. The second-order valence-electron chi connectivity index (χ2n) is 4.21. The summed E-state index contributed by atoms with van der Waals surface area (Å²) in [5.74, 6) is 0.756. The summed E-state index contributed by atoms with van der Waals surface area (Å²) in [4.78, 5) is 3.88. The number of nitrogens with one attached hydrogen (secondary N) is 1. The number of aliphatic hydroxyl groups excluding tert-OH is 1. The molecular weight excluding hydrogens is 265 g/mol. The van der Waals surface area contributed by atoms with Gasteiger partial charge in [-0.1, -0.05) is 5.16 Å². The van der Waals surface area contributed by atoms with Gasteiger partial charge >= 0.3 is 0 Å². The molecule has 1 aromatic heterocycles. The van der Waals surface area contributed by atoms with Crippen LogP contribution in [-0.4, -0.2) is 41.0 Å². The van der Waals surface area contributed by atoms with E-state index in [9.17, 15) is 9.50 Å². The van der Waals surface area contributed by atoms with E-state index < -0.39 is 6.10 Å². The lowest BCUT2D eigenvalue weighted by Gasteiger charge is -2.12. The molecule has 2 aromatic rings. The predicted molar refractivity (Wildman–Crippen MR) is 68.8 cm³/mol. The first-order chi connectivity index (χ1) is 9.74. The van der Waals surface area contributed by atoms with Gasteiger partial charge in [-0.05, 0) is 24.3 Å². The molecule has 0 saturated heterocycles. The largest absolute Gasteiger partial charge is 0.491 e. The molecule has 7 heteroatoms. The Labute approximate surface area is 115 Å². The Morgan fingerprint density at radius 3 is 2.85 bits per heavy atom. The van der Waals surface area contributed by atoms with Gasteiger partial charge in [0.2, 0.25) is 5.89 Å². The van der Waals surface area contributed by atoms with E-state index in [2.05, 4.69) is 15.5 Å². The topological polar surface area (TPSA) is 80.4 Å². The number of hydrogen-bond acceptors (Lipinski definition) is 6. The Bertz CT molecular complexity index is 490. The first kappa shape index (κ1) is 14.4. The second-order valence-corrected chi connectivity index (χ2v) is 4.21. The number of ether oxygens (including phenoxy) is 1. The fourth-order valence-corrected chi connectivity index (χ4v) is 1.55. The van der Waals surface area contributed by atoms with Crippen molar-refractivity contribution in [3.8, 4) is 5.75 Å². The van der Waals surface area contributed by atoms with Crippen molar-refractivity contribution in [2.75, 3.05) is 19.7 Å². The van der Waals surface area contributed by atoms with Crippen LogP contribution >= 0.6 is 0 Å². The number of aromatic nitrogens is 2. The fraction of sp³-hybridized carbons (Fsp3) is 0.385. The quantitative estimate of drug-likeness (QED) is 0.696. The van der Waals surface area contributed by atoms with E-state index in [1.807, 2.05) is 0 Å². The van der Waals surface area contributed by atoms with Crippen molar-refractivity contribution < 1.29 is 18.8 Å². The SMILES string of the molecule is OC(CNCCc1ncno1)COc1ccc(F)cc1. The molecule has 1 unspecified atom stereocenters. The van der Waals surface area contributed by atoms with E-state index in [0.29, 0.717) is 31.2 Å². The van der Waals surface area contributed by atoms with Gasteiger partial charge in [-0.25, -0.2) is 4.39 Å². The third-order valence-electron chi connectivity index (χ3n) is 2.56. The van der Waals surface area contributed by atoms with Crippen LogP contribution in [0.4, 0.5) is 4.39 Å². The van der Waals surface area contributed by atoms with Crippen LogP contribution in [0.3, 0.4) is 0 Å². The number of nitrogens with zero attached hydrogens (tertiary/aromatic N) is 2. The van der Waals surface area contributed by atoms with E-state index in [0.717, 1.165) is 0 Å². The van der Waals surface area contributed by atoms with Gasteiger partial charge in [-0.15, -0.1) is 0 Å². The number of halogens is 1. The summed E-state index contributed by atoms with van der Waals surface area (Å²) in [6.07, 6.45) is 1.30. The van der Waals surface area contributed by atoms with Gasteiger partial charge in [0.05, 0.1) is 0 Å². The van der Waals surface area contributed by atoms with Crippen molar-refractivity contribution in [1.82, 2.24) is 15.5 Å². The van der Waals surface area contributed by atoms with Crippen molar-refractivity contribution in [2.45, 2.75) is 12.5 Å². The number of rotatable bonds is 8. The maximum Gasteiger partial charge on any atom is 0.227 e. The molecule has 0 aliphatic rings. The molecular formula is C13H16FN3O3. The van der Waals surface area contributed by atoms with E-state index in [4.69, 9.17) is 9.26 Å². The molecule has 0 amide bonds. The summed E-state index contributed by atoms with van der Waals surface area (Å²) in [5.41, 5.74) is 0. The summed E-state index contributed by atoms with van der Waals surface area (Å²) >= 11 is 0. The van der Waals surface area contributed by atoms with Crippen molar-refractivity contribution in [2.24, 2.45) is 0 Å². The number of aliphatic hydroxyl groups is 1. The highest BCUT2D eigenvalue weighted by atomic mass is 19.1. The second kappa shape index (κ2) is 7.56. The molecule has 6 nitrogen and oxygen atoms in total. The third-order valence-corrected chi connectivity index (χ3v) is 2.56. The van der Waals surface area contributed by atoms with Gasteiger partial charge in [-0.3, -0.25) is 0 Å². The summed E-state index contributed by atoms with van der Waals surface area (Å²) < 4.78 is 22.8. The number of benzene rings is 1. The zero-order chi connectivity index (χ0) is 14.2. The fourth-order valence-electron chi connectivity index (χ4n) is 1.55. The lowest BCUT2D eigenvalue weighted by atomic mass is 10.3. The number of hydrogen-bond donors (Lipinski definition) is 2. The van der Waals surface area contributed by atoms with Gasteiger partial charge in [0, 0.05) is 19.5 Å². The summed E-state index contributed by atoms with van der Waals surface area (Å²) in [5, 5.41) is 16.3. The smallest absolute Gasteiger partial charge is 0.227 e. The zero-order valence-corrected chi connectivity index (χ0v) is 10.8. The normalized spacial score (nSPS) is 12.3. The monoisotopic (exact) mass is 281 g/mol. The van der Waals surface area contributed by atoms with E-state index in [1.165, 1.54) is 30.6 Å². The van der Waals surface area contributed by atoms with Crippen molar-refractivity contribution in [1.29, 1.82) is 0 Å². The first-order valence-corrected chi connectivity index (χ1v) is 6.27. The van der Waals surface area contributed by atoms with Crippen LogP contribution in [0.5, 0.6) is 5.75 Å². The Morgan fingerprint density at radius 1 is 1.35 bits per heavy atom. The van der Waals surface area contributed by atoms with Crippen LogP contribution in [0.1, 0.15) is 5.89 Å². The van der Waals surface area contributed by atoms with Crippen LogP contribution in [0, 0.1) is 5.82 Å². The first-order valence-electron chi connectivity index (χ1n) is 6.27. The maximum absolute atomic E-state index is 12.7. The molecule has 1 atom stereocenters. The van der Waals surface area contributed by atoms with Crippen molar-refractivity contribution >= 4 is 0 Å². The van der Waals surface area contributed by atoms with Crippen LogP contribution in [0.2, 0.25) is 0 Å². The summed E-state index contributed by atoms with van der Waals surface area (Å²) in [7, 11) is 0. The Kier molecular flexibility index (Phi) is 5.45. The lowest BCUT2D eigenvalue weighted by Crippen LogP contribution is -2.32. The van der Waals surface area contributed by atoms with Crippen molar-refractivity contribution in [3.63, 3.8) is 0 Å². The standard InChI is InChI=1S/C13H16FN3O3/c14-10-1-3-12(4-2-10)19-8-11(18)7-15-6-5-13-16-9-17-20-13/h1-4,9,11,15,18H,5-8H2. The van der Waals surface area contributed by atoms with Gasteiger partial charge < -0.3 is 19.7 Å². The molecule has 2 rings (SSSR count). The molecule has 0 aliphatic carbocycles. The Balaban J connectivity index is 1.58. The van der Waals surface area contributed by atoms with Gasteiger partial charge in [0.15, 0.2) is 6.33 Å². The summed E-state index contributed by atoms with van der Waals surface area (Å²) in [6.45, 7) is 1.14. The van der Waals surface area contributed by atoms with Gasteiger partial charge in [0.1, 0.15) is 24.3 Å². The molecule has 0 fully saturated rings. The molecule has 2 N–H and O–H groups in total. The molecule has 0 bridgehead atoms. The highest BCUT2D eigenvalue weighted by molar-refractivity contribution is 5.22. The molecule has 20 heavy (non-hydrogen) atoms. The summed E-state index contributed by atoms with van der Waals surface area (Å²) in [6, 6.07) is 5.66. The Hall–Kier alpha value is -1.99. The highest BCUT2D eigenvalue weighted by Crippen LogP contribution is 2.11. The van der Waals surface area contributed by atoms with E-state index >= 15 is 0 Å². The van der Waals surface area contributed by atoms with E-state index in [-0.39, 0.29) is 12.4 Å². The zero-order valence-electron chi connectivity index (χ0n) is 10.8. The van der Waals surface area contributed by atoms with Crippen LogP contribution in [-0.2, 0) is 6.42 Å². The lowest BCUT2D eigenvalue weighted by molar-refractivity contribution is 0.106. The molecule has 1 heterocycles. The third kappa shape index (κ3) is 4.94. The Morgan fingerprint density at radius 2 is 2.15 bits per heavy atom. The maximum atomic E-state index is 12.7.